The summed E-state index contributed by atoms with van der Waals surface area (Å²) in [5.41, 5.74) is 0. The summed E-state index contributed by atoms with van der Waals surface area (Å²) in [7, 11) is 0. The second-order valence-electron chi connectivity index (χ2n) is 1.96. The van der Waals surface area contributed by atoms with Crippen LogP contribution in [0.15, 0.2) is 11.5 Å². The molecule has 0 saturated heterocycles. The molecule has 0 aromatic carbocycles. The summed E-state index contributed by atoms with van der Waals surface area (Å²) in [5, 5.41) is 2.91. The molecule has 0 aliphatic rings. The molecule has 0 aromatic heterocycles. The van der Waals surface area contributed by atoms with Crippen LogP contribution in [-0.2, 0) is 0 Å². The summed E-state index contributed by atoms with van der Waals surface area (Å²) < 4.78 is 0. The van der Waals surface area contributed by atoms with E-state index in [4.69, 9.17) is 0 Å². The third kappa shape index (κ3) is 6.09. The monoisotopic (exact) mass is 130 g/mol. The molecule has 0 bridgehead atoms. The molecular weight excluding hydrogens is 116 g/mol. The Morgan fingerprint density at radius 2 is 2.12 bits per heavy atom. The number of allylic oxidation sites excluding steroid dienone is 1. The fraction of sp³-hybridized carbons (Fsp3) is 0.714. The number of hydrogen-bond acceptors (Lipinski definition) is 1. The van der Waals surface area contributed by atoms with Crippen LogP contribution in [0.3, 0.4) is 0 Å². The summed E-state index contributed by atoms with van der Waals surface area (Å²) in [6.45, 7) is 6.55. The van der Waals surface area contributed by atoms with Gasteiger partial charge in [0.25, 0.3) is 0 Å². The average molecular weight is 130 g/mol. The quantitative estimate of drug-likeness (QED) is 0.566. The van der Waals surface area contributed by atoms with Gasteiger partial charge in [0, 0.05) is 5.25 Å². The van der Waals surface area contributed by atoms with E-state index in [0.29, 0.717) is 0 Å². The van der Waals surface area contributed by atoms with Crippen molar-refractivity contribution in [1.29, 1.82) is 0 Å². The summed E-state index contributed by atoms with van der Waals surface area (Å²) >= 11 is 1.88. The highest BCUT2D eigenvalue weighted by Gasteiger charge is 1.84. The molecule has 0 N–H and O–H groups in total. The Labute approximate surface area is 56.4 Å². The van der Waals surface area contributed by atoms with Gasteiger partial charge < -0.3 is 0 Å². The lowest BCUT2D eigenvalue weighted by atomic mass is 10.5. The first-order chi connectivity index (χ1) is 3.77. The Balaban J connectivity index is 3.03. The van der Waals surface area contributed by atoms with E-state index in [1.54, 1.807) is 0 Å². The highest BCUT2D eigenvalue weighted by atomic mass is 32.2. The fourth-order valence-electron chi connectivity index (χ4n) is 0.309. The maximum atomic E-state index is 2.20. The molecular formula is C7H14S. The third-order valence-electron chi connectivity index (χ3n) is 0.683. The van der Waals surface area contributed by atoms with Crippen LogP contribution in [-0.4, -0.2) is 5.25 Å². The van der Waals surface area contributed by atoms with E-state index in [9.17, 15) is 0 Å². The van der Waals surface area contributed by atoms with Gasteiger partial charge in [-0.25, -0.2) is 0 Å². The number of thioether (sulfide) groups is 1. The largest absolute Gasteiger partial charge is 0.132 e. The molecule has 0 nitrogen and oxygen atoms in total. The number of hydrogen-bond donors (Lipinski definition) is 0. The van der Waals surface area contributed by atoms with Gasteiger partial charge in [-0.15, -0.1) is 11.8 Å². The minimum atomic E-state index is 0.734. The van der Waals surface area contributed by atoms with Crippen LogP contribution in [0.25, 0.3) is 0 Å². The molecule has 0 aromatic rings. The molecule has 1 heteroatoms. The topological polar surface area (TPSA) is 0 Å². The molecule has 0 fully saturated rings. The van der Waals surface area contributed by atoms with Crippen LogP contribution in [0.5, 0.6) is 0 Å². The first-order valence-electron chi connectivity index (χ1n) is 3.07. The van der Waals surface area contributed by atoms with Gasteiger partial charge in [-0.2, -0.15) is 0 Å². The Bertz CT molecular complexity index is 64.8. The molecule has 0 amide bonds. The van der Waals surface area contributed by atoms with Gasteiger partial charge in [0.15, 0.2) is 0 Å². The van der Waals surface area contributed by atoms with Gasteiger partial charge >= 0.3 is 0 Å². The first kappa shape index (κ1) is 8.09. The van der Waals surface area contributed by atoms with Gasteiger partial charge in [-0.3, -0.25) is 0 Å². The van der Waals surface area contributed by atoms with Crippen LogP contribution in [0.4, 0.5) is 0 Å². The van der Waals surface area contributed by atoms with Crippen LogP contribution >= 0.6 is 11.8 Å². The summed E-state index contributed by atoms with van der Waals surface area (Å²) in [6.07, 6.45) is 3.34. The van der Waals surface area contributed by atoms with Crippen molar-refractivity contribution in [1.82, 2.24) is 0 Å². The van der Waals surface area contributed by atoms with E-state index in [-0.39, 0.29) is 0 Å². The van der Waals surface area contributed by atoms with E-state index in [2.05, 4.69) is 32.3 Å². The lowest BCUT2D eigenvalue weighted by Crippen LogP contribution is -1.79. The van der Waals surface area contributed by atoms with Gasteiger partial charge in [0.1, 0.15) is 0 Å². The van der Waals surface area contributed by atoms with Crippen molar-refractivity contribution in [3.05, 3.63) is 11.5 Å². The zero-order chi connectivity index (χ0) is 6.41. The molecule has 48 valence electrons. The second kappa shape index (κ2) is 5.23. The van der Waals surface area contributed by atoms with Crippen molar-refractivity contribution in [2.75, 3.05) is 0 Å². The van der Waals surface area contributed by atoms with Gasteiger partial charge in [0.2, 0.25) is 0 Å². The predicted octanol–water partition coefficient (Wildman–Crippen LogP) is 3.05. The maximum absolute atomic E-state index is 2.20. The minimum absolute atomic E-state index is 0.734. The van der Waals surface area contributed by atoms with Crippen LogP contribution < -0.4 is 0 Å². The summed E-state index contributed by atoms with van der Waals surface area (Å²) in [6, 6.07) is 0. The molecule has 0 heterocycles. The molecule has 0 aliphatic carbocycles. The van der Waals surface area contributed by atoms with Gasteiger partial charge in [0.05, 0.1) is 0 Å². The molecule has 0 radical (unpaired) electrons. The van der Waals surface area contributed by atoms with Gasteiger partial charge in [-0.05, 0) is 11.8 Å². The highest BCUT2D eigenvalue weighted by molar-refractivity contribution is 8.02. The molecule has 8 heavy (non-hydrogen) atoms. The molecule has 0 saturated carbocycles. The lowest BCUT2D eigenvalue weighted by Gasteiger charge is -1.94. The van der Waals surface area contributed by atoms with Crippen molar-refractivity contribution in [2.24, 2.45) is 0 Å². The molecule has 0 unspecified atom stereocenters. The minimum Gasteiger partial charge on any atom is -0.132 e. The standard InChI is InChI=1S/C7H14S/c1-4-5-6-8-7(2)3/h5-7H,4H2,1-3H3/b6-5+. The Kier molecular flexibility index (Phi) is 5.29. The molecule has 0 rings (SSSR count). The Morgan fingerprint density at radius 1 is 1.50 bits per heavy atom. The SMILES string of the molecule is CC/C=C/SC(C)C. The van der Waals surface area contributed by atoms with Gasteiger partial charge in [-0.1, -0.05) is 26.8 Å². The van der Waals surface area contributed by atoms with Crippen molar-refractivity contribution < 1.29 is 0 Å². The average Bonchev–Trinajstić information content (AvgIpc) is 1.66. The maximum Gasteiger partial charge on any atom is 0.00316 e. The van der Waals surface area contributed by atoms with E-state index in [1.165, 1.54) is 0 Å². The van der Waals surface area contributed by atoms with E-state index >= 15 is 0 Å². The fourth-order valence-corrected chi connectivity index (χ4v) is 0.927. The normalized spacial score (nSPS) is 11.5. The zero-order valence-electron chi connectivity index (χ0n) is 5.85. The van der Waals surface area contributed by atoms with Crippen LogP contribution in [0.1, 0.15) is 27.2 Å². The van der Waals surface area contributed by atoms with Crippen molar-refractivity contribution >= 4 is 11.8 Å². The Morgan fingerprint density at radius 3 is 2.50 bits per heavy atom. The zero-order valence-corrected chi connectivity index (χ0v) is 6.66. The van der Waals surface area contributed by atoms with Crippen LogP contribution in [0, 0.1) is 0 Å². The molecule has 0 aliphatic heterocycles. The third-order valence-corrected chi connectivity index (χ3v) is 1.58. The van der Waals surface area contributed by atoms with E-state index in [0.717, 1.165) is 11.7 Å². The predicted molar refractivity (Wildman–Crippen MR) is 42.2 cm³/mol. The summed E-state index contributed by atoms with van der Waals surface area (Å²) in [4.78, 5) is 0. The van der Waals surface area contributed by atoms with Crippen molar-refractivity contribution in [3.8, 4) is 0 Å². The van der Waals surface area contributed by atoms with Crippen LogP contribution in [0.2, 0.25) is 0 Å². The van der Waals surface area contributed by atoms with E-state index < -0.39 is 0 Å². The van der Waals surface area contributed by atoms with E-state index in [1.807, 2.05) is 11.8 Å². The van der Waals surface area contributed by atoms with Crippen molar-refractivity contribution in [3.63, 3.8) is 0 Å². The summed E-state index contributed by atoms with van der Waals surface area (Å²) in [5.74, 6) is 0. The second-order valence-corrected chi connectivity index (χ2v) is 3.45. The number of rotatable bonds is 3. The molecule has 0 spiro atoms. The lowest BCUT2D eigenvalue weighted by molar-refractivity contribution is 1.12. The smallest absolute Gasteiger partial charge is 0.00316 e. The Hall–Kier alpha value is 0.0900. The highest BCUT2D eigenvalue weighted by Crippen LogP contribution is 2.09. The first-order valence-corrected chi connectivity index (χ1v) is 4.02. The van der Waals surface area contributed by atoms with Crippen molar-refractivity contribution in [2.45, 2.75) is 32.4 Å². The molecule has 0 atom stereocenters.